The largest absolute Gasteiger partial charge is 0.238 e. The third-order valence-electron chi connectivity index (χ3n) is 3.19. The van der Waals surface area contributed by atoms with Crippen LogP contribution in [0, 0.1) is 5.95 Å². The number of hydrazine groups is 3. The van der Waals surface area contributed by atoms with E-state index in [0.717, 1.165) is 0 Å². The number of sulfonamides is 1. The zero-order valence-corrected chi connectivity index (χ0v) is 12.0. The number of nitrogens with zero attached hydrogens (tertiary/aromatic N) is 1. The molecule has 1 saturated heterocycles. The van der Waals surface area contributed by atoms with Crippen molar-refractivity contribution < 1.29 is 12.8 Å². The van der Waals surface area contributed by atoms with Gasteiger partial charge in [0.2, 0.25) is 16.0 Å². The van der Waals surface area contributed by atoms with Crippen molar-refractivity contribution in [1.29, 1.82) is 0 Å². The molecular weight excluding hydrogens is 311 g/mol. The van der Waals surface area contributed by atoms with Crippen molar-refractivity contribution in [2.75, 3.05) is 0 Å². The van der Waals surface area contributed by atoms with Crippen LogP contribution in [0.25, 0.3) is 11.1 Å². The third kappa shape index (κ3) is 2.83. The van der Waals surface area contributed by atoms with Crippen LogP contribution in [0.15, 0.2) is 41.4 Å². The molecule has 3 rings (SSSR count). The molecule has 6 N–H and O–H groups in total. The molecule has 1 aromatic heterocycles. The second kappa shape index (κ2) is 5.68. The van der Waals surface area contributed by atoms with Crippen molar-refractivity contribution in [3.8, 4) is 11.1 Å². The number of rotatable bonds is 3. The second-order valence-corrected chi connectivity index (χ2v) is 6.13. The summed E-state index contributed by atoms with van der Waals surface area (Å²) in [5, 5.41) is 5.29. The van der Waals surface area contributed by atoms with Gasteiger partial charge in [0, 0.05) is 17.8 Å². The van der Waals surface area contributed by atoms with Gasteiger partial charge >= 0.3 is 0 Å². The standard InChI is InChI=1S/C12H13FN6O2S/c13-10-6-7(4-5-15-10)8-2-1-3-9(22(14,20)21)11(8)12-16-18-19-17-12/h1-6,12,16-19H,(H2,14,20,21). The predicted molar refractivity (Wildman–Crippen MR) is 76.3 cm³/mol. The van der Waals surface area contributed by atoms with Crippen LogP contribution in [0.1, 0.15) is 11.7 Å². The van der Waals surface area contributed by atoms with Gasteiger partial charge in [-0.05, 0) is 23.3 Å². The summed E-state index contributed by atoms with van der Waals surface area (Å²) >= 11 is 0. The lowest BCUT2D eigenvalue weighted by molar-refractivity contribution is 0.540. The molecule has 0 atom stereocenters. The minimum Gasteiger partial charge on any atom is -0.228 e. The summed E-state index contributed by atoms with van der Waals surface area (Å²) in [5.74, 6) is -0.659. The molecule has 22 heavy (non-hydrogen) atoms. The van der Waals surface area contributed by atoms with Gasteiger partial charge in [-0.2, -0.15) is 15.5 Å². The Bertz CT molecular complexity index is 807. The number of nitrogens with two attached hydrogens (primary N) is 1. The van der Waals surface area contributed by atoms with Gasteiger partial charge in [0.05, 0.1) is 4.90 Å². The molecule has 1 fully saturated rings. The number of aromatic nitrogens is 1. The molecule has 1 aliphatic rings. The number of primary sulfonamides is 1. The maximum Gasteiger partial charge on any atom is 0.238 e. The molecule has 0 amide bonds. The van der Waals surface area contributed by atoms with E-state index < -0.39 is 22.1 Å². The van der Waals surface area contributed by atoms with Crippen LogP contribution >= 0.6 is 0 Å². The fourth-order valence-corrected chi connectivity index (χ4v) is 3.11. The molecule has 0 unspecified atom stereocenters. The number of pyridine rings is 1. The topological polar surface area (TPSA) is 121 Å². The minimum atomic E-state index is -3.96. The van der Waals surface area contributed by atoms with Gasteiger partial charge in [-0.3, -0.25) is 0 Å². The quantitative estimate of drug-likeness (QED) is 0.489. The molecule has 1 aliphatic heterocycles. The summed E-state index contributed by atoms with van der Waals surface area (Å²) in [6.45, 7) is 0. The predicted octanol–water partition coefficient (Wildman–Crippen LogP) is -0.349. The highest BCUT2D eigenvalue weighted by Crippen LogP contribution is 2.32. The van der Waals surface area contributed by atoms with Crippen molar-refractivity contribution in [2.24, 2.45) is 5.14 Å². The Balaban J connectivity index is 2.25. The van der Waals surface area contributed by atoms with E-state index in [2.05, 4.69) is 26.9 Å². The number of benzene rings is 1. The monoisotopic (exact) mass is 324 g/mol. The Morgan fingerprint density at radius 3 is 2.55 bits per heavy atom. The van der Waals surface area contributed by atoms with E-state index in [1.807, 2.05) is 0 Å². The van der Waals surface area contributed by atoms with Gasteiger partial charge in [-0.25, -0.2) is 29.4 Å². The lowest BCUT2D eigenvalue weighted by Crippen LogP contribution is -2.33. The van der Waals surface area contributed by atoms with Crippen LogP contribution in [0.3, 0.4) is 0 Å². The first kappa shape index (κ1) is 15.0. The first-order valence-corrected chi connectivity index (χ1v) is 7.80. The highest BCUT2D eigenvalue weighted by atomic mass is 32.2. The third-order valence-corrected chi connectivity index (χ3v) is 4.16. The molecule has 0 spiro atoms. The molecule has 0 radical (unpaired) electrons. The van der Waals surface area contributed by atoms with Gasteiger partial charge in [0.25, 0.3) is 0 Å². The zero-order chi connectivity index (χ0) is 15.7. The SMILES string of the molecule is NS(=O)(=O)c1cccc(-c2ccnc(F)c2)c1C1NNNN1. The Morgan fingerprint density at radius 1 is 1.18 bits per heavy atom. The number of hydrogen-bond donors (Lipinski definition) is 5. The lowest BCUT2D eigenvalue weighted by Gasteiger charge is -2.18. The molecule has 2 heterocycles. The van der Waals surface area contributed by atoms with E-state index in [-0.39, 0.29) is 4.90 Å². The molecule has 8 nitrogen and oxygen atoms in total. The van der Waals surface area contributed by atoms with Crippen LogP contribution in [0.4, 0.5) is 4.39 Å². The molecule has 2 aromatic rings. The first-order valence-electron chi connectivity index (χ1n) is 6.25. The Hall–Kier alpha value is -1.95. The first-order chi connectivity index (χ1) is 10.5. The second-order valence-electron chi connectivity index (χ2n) is 4.60. The fourth-order valence-electron chi connectivity index (χ4n) is 2.31. The maximum absolute atomic E-state index is 13.4. The van der Waals surface area contributed by atoms with E-state index >= 15 is 0 Å². The molecule has 0 bridgehead atoms. The van der Waals surface area contributed by atoms with Crippen molar-refractivity contribution in [2.45, 2.75) is 11.1 Å². The smallest absolute Gasteiger partial charge is 0.228 e. The molecule has 1 aromatic carbocycles. The Kier molecular flexibility index (Phi) is 3.87. The average molecular weight is 324 g/mol. The highest BCUT2D eigenvalue weighted by molar-refractivity contribution is 7.89. The summed E-state index contributed by atoms with van der Waals surface area (Å²) in [7, 11) is -3.96. The van der Waals surface area contributed by atoms with Crippen molar-refractivity contribution in [3.63, 3.8) is 0 Å². The van der Waals surface area contributed by atoms with E-state index in [1.54, 1.807) is 18.2 Å². The van der Waals surface area contributed by atoms with E-state index in [1.165, 1.54) is 18.3 Å². The summed E-state index contributed by atoms with van der Waals surface area (Å²) in [5.41, 5.74) is 12.2. The molecular formula is C12H13FN6O2S. The summed E-state index contributed by atoms with van der Waals surface area (Å²) in [6.07, 6.45) is 0.727. The van der Waals surface area contributed by atoms with Crippen LogP contribution in [0.5, 0.6) is 0 Å². The normalized spacial score (nSPS) is 16.1. The number of nitrogens with one attached hydrogen (secondary N) is 4. The van der Waals surface area contributed by atoms with Crippen molar-refractivity contribution >= 4 is 10.0 Å². The van der Waals surface area contributed by atoms with E-state index in [4.69, 9.17) is 5.14 Å². The summed E-state index contributed by atoms with van der Waals surface area (Å²) < 4.78 is 37.1. The highest BCUT2D eigenvalue weighted by Gasteiger charge is 2.26. The number of hydrogen-bond acceptors (Lipinski definition) is 7. The zero-order valence-electron chi connectivity index (χ0n) is 11.2. The van der Waals surface area contributed by atoms with Gasteiger partial charge in [0.15, 0.2) is 0 Å². The Labute approximate surface area is 125 Å². The maximum atomic E-state index is 13.4. The summed E-state index contributed by atoms with van der Waals surface area (Å²) in [6, 6.07) is 7.44. The van der Waals surface area contributed by atoms with Gasteiger partial charge in [-0.15, -0.1) is 0 Å². The van der Waals surface area contributed by atoms with Crippen LogP contribution < -0.4 is 27.1 Å². The fraction of sp³-hybridized carbons (Fsp3) is 0.0833. The molecule has 0 aliphatic carbocycles. The van der Waals surface area contributed by atoms with Crippen LogP contribution in [-0.2, 0) is 10.0 Å². The van der Waals surface area contributed by atoms with E-state index in [0.29, 0.717) is 16.7 Å². The van der Waals surface area contributed by atoms with E-state index in [9.17, 15) is 12.8 Å². The lowest BCUT2D eigenvalue weighted by atomic mass is 9.99. The van der Waals surface area contributed by atoms with Crippen LogP contribution in [-0.4, -0.2) is 13.4 Å². The van der Waals surface area contributed by atoms with Gasteiger partial charge in [-0.1, -0.05) is 12.1 Å². The summed E-state index contributed by atoms with van der Waals surface area (Å²) in [4.78, 5) is 3.44. The van der Waals surface area contributed by atoms with Gasteiger partial charge in [0.1, 0.15) is 6.17 Å². The molecule has 10 heteroatoms. The molecule has 116 valence electrons. The minimum absolute atomic E-state index is 0.0577. The number of halogens is 1. The average Bonchev–Trinajstić information content (AvgIpc) is 2.99. The van der Waals surface area contributed by atoms with Gasteiger partial charge < -0.3 is 0 Å². The Morgan fingerprint density at radius 2 is 1.91 bits per heavy atom. The van der Waals surface area contributed by atoms with Crippen molar-refractivity contribution in [3.05, 3.63) is 48.0 Å². The molecule has 0 saturated carbocycles. The van der Waals surface area contributed by atoms with Crippen molar-refractivity contribution in [1.82, 2.24) is 26.9 Å². The van der Waals surface area contributed by atoms with Crippen LogP contribution in [0.2, 0.25) is 0 Å².